The minimum atomic E-state index is 1.00. The molecule has 0 spiro atoms. The van der Waals surface area contributed by atoms with Crippen molar-refractivity contribution in [3.8, 4) is 0 Å². The second kappa shape index (κ2) is 11.2. The van der Waals surface area contributed by atoms with E-state index in [9.17, 15) is 0 Å². The summed E-state index contributed by atoms with van der Waals surface area (Å²) in [4.78, 5) is 4.61. The summed E-state index contributed by atoms with van der Waals surface area (Å²) >= 11 is 7.79. The van der Waals surface area contributed by atoms with E-state index in [1.165, 1.54) is 22.3 Å². The molecule has 0 N–H and O–H groups in total. The Hall–Kier alpha value is -3.34. The fourth-order valence-electron chi connectivity index (χ4n) is 4.50. The average Bonchev–Trinajstić information content (AvgIpc) is 2.91. The highest BCUT2D eigenvalue weighted by molar-refractivity contribution is 9.11. The second-order valence-corrected chi connectivity index (χ2v) is 11.5. The molecule has 0 radical (unpaired) electrons. The van der Waals surface area contributed by atoms with Crippen molar-refractivity contribution in [2.75, 3.05) is 9.80 Å². The van der Waals surface area contributed by atoms with Crippen LogP contribution in [0.1, 0.15) is 22.3 Å². The van der Waals surface area contributed by atoms with E-state index >= 15 is 0 Å². The predicted octanol–water partition coefficient (Wildman–Crippen LogP) is 11.4. The number of hydrogen-bond acceptors (Lipinski definition) is 2. The number of halogens is 2. The van der Waals surface area contributed by atoms with Crippen LogP contribution in [0.25, 0.3) is 0 Å². The molecule has 0 saturated carbocycles. The van der Waals surface area contributed by atoms with Crippen LogP contribution in [-0.2, 0) is 0 Å². The Balaban J connectivity index is 1.73. The van der Waals surface area contributed by atoms with E-state index in [2.05, 4.69) is 179 Å². The molecule has 190 valence electrons. The van der Waals surface area contributed by atoms with E-state index in [0.29, 0.717) is 0 Å². The van der Waals surface area contributed by atoms with Gasteiger partial charge < -0.3 is 9.80 Å². The highest BCUT2D eigenvalue weighted by atomic mass is 79.9. The third-order valence-corrected chi connectivity index (χ3v) is 7.94. The van der Waals surface area contributed by atoms with Gasteiger partial charge in [0.2, 0.25) is 0 Å². The van der Waals surface area contributed by atoms with Crippen LogP contribution in [0.5, 0.6) is 0 Å². The fraction of sp³-hybridized carbons (Fsp3) is 0.118. The Morgan fingerprint density at radius 1 is 0.368 bits per heavy atom. The molecule has 5 aromatic rings. The molecule has 0 fully saturated rings. The zero-order chi connectivity index (χ0) is 26.8. The average molecular weight is 626 g/mol. The molecular weight excluding hydrogens is 596 g/mol. The van der Waals surface area contributed by atoms with Crippen molar-refractivity contribution in [1.82, 2.24) is 0 Å². The van der Waals surface area contributed by atoms with Crippen LogP contribution in [0, 0.1) is 27.7 Å². The van der Waals surface area contributed by atoms with E-state index in [0.717, 1.165) is 43.1 Å². The lowest BCUT2D eigenvalue weighted by atomic mass is 10.1. The van der Waals surface area contributed by atoms with Crippen LogP contribution in [0.2, 0.25) is 0 Å². The molecule has 0 atom stereocenters. The van der Waals surface area contributed by atoms with Crippen molar-refractivity contribution in [2.45, 2.75) is 27.7 Å². The van der Waals surface area contributed by atoms with Crippen LogP contribution >= 0.6 is 31.9 Å². The summed E-state index contributed by atoms with van der Waals surface area (Å²) in [5.41, 5.74) is 11.5. The molecule has 0 aliphatic carbocycles. The molecule has 0 aliphatic rings. The summed E-state index contributed by atoms with van der Waals surface area (Å²) < 4.78 is 2.00. The minimum Gasteiger partial charge on any atom is -0.309 e. The van der Waals surface area contributed by atoms with Gasteiger partial charge in [-0.15, -0.1) is 0 Å². The van der Waals surface area contributed by atoms with Crippen LogP contribution < -0.4 is 9.80 Å². The fourth-order valence-corrected chi connectivity index (χ4v) is 5.85. The third kappa shape index (κ3) is 5.57. The summed E-state index contributed by atoms with van der Waals surface area (Å²) in [6, 6.07) is 39.2. The van der Waals surface area contributed by atoms with Gasteiger partial charge in [-0.25, -0.2) is 0 Å². The topological polar surface area (TPSA) is 6.48 Å². The molecule has 38 heavy (non-hydrogen) atoms. The van der Waals surface area contributed by atoms with Gasteiger partial charge in [0, 0.05) is 31.7 Å². The monoisotopic (exact) mass is 624 g/mol. The number of rotatable bonds is 6. The van der Waals surface area contributed by atoms with Crippen LogP contribution in [0.4, 0.5) is 34.1 Å². The molecule has 0 unspecified atom stereocenters. The van der Waals surface area contributed by atoms with Crippen molar-refractivity contribution in [3.05, 3.63) is 140 Å². The molecule has 4 heteroatoms. The number of hydrogen-bond donors (Lipinski definition) is 0. The molecule has 2 nitrogen and oxygen atoms in total. The number of anilines is 6. The van der Waals surface area contributed by atoms with Crippen molar-refractivity contribution in [1.29, 1.82) is 0 Å². The first-order valence-electron chi connectivity index (χ1n) is 12.7. The Morgan fingerprint density at radius 3 is 0.842 bits per heavy atom. The van der Waals surface area contributed by atoms with Crippen molar-refractivity contribution < 1.29 is 0 Å². The Kier molecular flexibility index (Phi) is 7.73. The van der Waals surface area contributed by atoms with Gasteiger partial charge in [-0.2, -0.15) is 0 Å². The lowest BCUT2D eigenvalue weighted by molar-refractivity contribution is 1.22. The smallest absolute Gasteiger partial charge is 0.0625 e. The molecule has 0 heterocycles. The molecule has 0 amide bonds. The van der Waals surface area contributed by atoms with Crippen LogP contribution in [-0.4, -0.2) is 0 Å². The SMILES string of the molecule is Cc1ccc(N(c2ccc(C)cc2)c2cc(N(c3ccc(C)cc3)c3ccc(C)cc3)c(Br)cc2Br)cc1. The minimum absolute atomic E-state index is 1.00. The Bertz CT molecular complexity index is 1330. The summed E-state index contributed by atoms with van der Waals surface area (Å²) in [6.45, 7) is 8.48. The number of benzene rings is 5. The maximum atomic E-state index is 3.90. The summed E-state index contributed by atoms with van der Waals surface area (Å²) in [5.74, 6) is 0. The summed E-state index contributed by atoms with van der Waals surface area (Å²) in [5, 5.41) is 0. The molecule has 0 bridgehead atoms. The van der Waals surface area contributed by atoms with Gasteiger partial charge >= 0.3 is 0 Å². The second-order valence-electron chi connectivity index (χ2n) is 9.77. The maximum absolute atomic E-state index is 3.90. The van der Waals surface area contributed by atoms with Crippen molar-refractivity contribution in [3.63, 3.8) is 0 Å². The highest BCUT2D eigenvalue weighted by Crippen LogP contribution is 2.47. The zero-order valence-electron chi connectivity index (χ0n) is 22.0. The normalized spacial score (nSPS) is 10.9. The largest absolute Gasteiger partial charge is 0.309 e. The highest BCUT2D eigenvalue weighted by Gasteiger charge is 2.22. The van der Waals surface area contributed by atoms with E-state index in [4.69, 9.17) is 0 Å². The van der Waals surface area contributed by atoms with E-state index in [1.807, 2.05) is 0 Å². The van der Waals surface area contributed by atoms with Gasteiger partial charge in [0.15, 0.2) is 0 Å². The Morgan fingerprint density at radius 2 is 0.605 bits per heavy atom. The first-order chi connectivity index (χ1) is 18.3. The molecule has 0 saturated heterocycles. The van der Waals surface area contributed by atoms with E-state index in [-0.39, 0.29) is 0 Å². The van der Waals surface area contributed by atoms with Crippen molar-refractivity contribution in [2.24, 2.45) is 0 Å². The molecule has 5 rings (SSSR count). The van der Waals surface area contributed by atoms with E-state index in [1.54, 1.807) is 0 Å². The first-order valence-corrected chi connectivity index (χ1v) is 14.2. The summed E-state index contributed by atoms with van der Waals surface area (Å²) in [6.07, 6.45) is 0. The van der Waals surface area contributed by atoms with Crippen molar-refractivity contribution >= 4 is 66.0 Å². The predicted molar refractivity (Wildman–Crippen MR) is 170 cm³/mol. The number of nitrogens with zero attached hydrogens (tertiary/aromatic N) is 2. The molecule has 0 aromatic heterocycles. The molecule has 0 aliphatic heterocycles. The molecular formula is C34H30Br2N2. The lowest BCUT2D eigenvalue weighted by Gasteiger charge is -2.31. The zero-order valence-corrected chi connectivity index (χ0v) is 25.2. The van der Waals surface area contributed by atoms with Gasteiger partial charge in [0.05, 0.1) is 11.4 Å². The quantitative estimate of drug-likeness (QED) is 0.185. The summed E-state index contributed by atoms with van der Waals surface area (Å²) in [7, 11) is 0. The van der Waals surface area contributed by atoms with Crippen LogP contribution in [0.15, 0.2) is 118 Å². The van der Waals surface area contributed by atoms with Gasteiger partial charge in [0.1, 0.15) is 0 Å². The lowest BCUT2D eigenvalue weighted by Crippen LogP contribution is -2.14. The van der Waals surface area contributed by atoms with Gasteiger partial charge in [-0.05, 0) is 120 Å². The van der Waals surface area contributed by atoms with Gasteiger partial charge in [-0.3, -0.25) is 0 Å². The maximum Gasteiger partial charge on any atom is 0.0625 e. The molecule has 5 aromatic carbocycles. The number of aryl methyl sites for hydroxylation is 4. The van der Waals surface area contributed by atoms with Gasteiger partial charge in [0.25, 0.3) is 0 Å². The first kappa shape index (κ1) is 26.3. The van der Waals surface area contributed by atoms with Crippen LogP contribution in [0.3, 0.4) is 0 Å². The van der Waals surface area contributed by atoms with Gasteiger partial charge in [-0.1, -0.05) is 70.8 Å². The Labute approximate surface area is 242 Å². The standard InChI is InChI=1S/C34H30Br2N2/c1-23-5-13-27(14-6-23)37(28-15-7-24(2)8-16-28)33-22-34(32(36)21-31(33)35)38(29-17-9-25(3)10-18-29)30-19-11-26(4)12-20-30/h5-22H,1-4H3. The van der Waals surface area contributed by atoms with E-state index < -0.39 is 0 Å². The third-order valence-electron chi connectivity index (χ3n) is 6.67.